The lowest BCUT2D eigenvalue weighted by molar-refractivity contribution is 0.161. The molecule has 1 aliphatic rings. The standard InChI is InChI=1S/C25H18N6O3S/c32-23-22(28-19(15-6-2-1-3-7-15)17-8-4-5-9-18(17)27-23)29-25-31-30-24(34-25)20-21(35-14-26-20)16-10-12-33-13-11-16/h1-10,14H,11-13H2,(H,27,28,29,31,32). The molecule has 0 spiro atoms. The number of fused-ring (bicyclic) bond motifs is 1. The molecule has 2 aromatic carbocycles. The molecule has 5 aromatic rings. The zero-order valence-corrected chi connectivity index (χ0v) is 19.2. The minimum atomic E-state index is -0.537. The Balaban J connectivity index is 1.40. The fraction of sp³-hybridized carbons (Fsp3) is 0.120. The van der Waals surface area contributed by atoms with Gasteiger partial charge in [0.1, 0.15) is 5.69 Å². The highest BCUT2D eigenvalue weighted by Crippen LogP contribution is 2.34. The quantitative estimate of drug-likeness (QED) is 0.380. The Labute approximate surface area is 203 Å². The molecule has 0 radical (unpaired) electrons. The Morgan fingerprint density at radius 3 is 2.66 bits per heavy atom. The molecular weight excluding hydrogens is 464 g/mol. The number of anilines is 2. The van der Waals surface area contributed by atoms with Crippen molar-refractivity contribution in [1.29, 1.82) is 0 Å². The van der Waals surface area contributed by atoms with Gasteiger partial charge in [-0.3, -0.25) is 10.1 Å². The lowest BCUT2D eigenvalue weighted by atomic mass is 10.1. The van der Waals surface area contributed by atoms with Crippen molar-refractivity contribution in [3.8, 4) is 22.8 Å². The third-order valence-electron chi connectivity index (χ3n) is 5.53. The van der Waals surface area contributed by atoms with Gasteiger partial charge in [0, 0.05) is 10.9 Å². The van der Waals surface area contributed by atoms with Crippen LogP contribution in [0.1, 0.15) is 11.3 Å². The molecule has 0 saturated heterocycles. The van der Waals surface area contributed by atoms with Crippen molar-refractivity contribution in [3.05, 3.63) is 81.4 Å². The summed E-state index contributed by atoms with van der Waals surface area (Å²) in [7, 11) is 0. The third-order valence-corrected chi connectivity index (χ3v) is 6.43. The van der Waals surface area contributed by atoms with Crippen molar-refractivity contribution in [2.45, 2.75) is 6.42 Å². The van der Waals surface area contributed by atoms with E-state index in [2.05, 4.69) is 30.5 Å². The highest BCUT2D eigenvalue weighted by Gasteiger charge is 2.20. The van der Waals surface area contributed by atoms with Crippen LogP contribution in [0.25, 0.3) is 39.3 Å². The maximum absolute atomic E-state index is 13.0. The number of aromatic nitrogens is 5. The second kappa shape index (κ2) is 9.16. The largest absolute Gasteiger partial charge is 0.401 e. The lowest BCUT2D eigenvalue weighted by Crippen LogP contribution is -2.10. The Hall–Kier alpha value is -4.28. The predicted octanol–water partition coefficient (Wildman–Crippen LogP) is 4.71. The molecule has 1 N–H and O–H groups in total. The van der Waals surface area contributed by atoms with E-state index in [4.69, 9.17) is 9.15 Å². The van der Waals surface area contributed by atoms with Crippen LogP contribution >= 0.6 is 11.3 Å². The van der Waals surface area contributed by atoms with Gasteiger partial charge in [-0.25, -0.2) is 15.0 Å². The van der Waals surface area contributed by atoms with Gasteiger partial charge in [0.25, 0.3) is 5.89 Å². The zero-order chi connectivity index (χ0) is 23.6. The van der Waals surface area contributed by atoms with Crippen LogP contribution in [0.5, 0.6) is 0 Å². The molecule has 0 saturated carbocycles. The molecule has 3 aromatic heterocycles. The summed E-state index contributed by atoms with van der Waals surface area (Å²) in [5.74, 6) is 0.242. The smallest absolute Gasteiger partial charge is 0.321 e. The van der Waals surface area contributed by atoms with Crippen LogP contribution in [0.2, 0.25) is 0 Å². The van der Waals surface area contributed by atoms with Gasteiger partial charge in [-0.1, -0.05) is 59.7 Å². The van der Waals surface area contributed by atoms with E-state index in [0.29, 0.717) is 30.1 Å². The average Bonchev–Trinajstić information content (AvgIpc) is 3.55. The SMILES string of the molecule is O=c1nc2ccccc2c(-c2ccccc2)nc1Nc1nnc(-c2ncsc2C2=CCOCC2)o1. The molecule has 0 amide bonds. The summed E-state index contributed by atoms with van der Waals surface area (Å²) in [4.78, 5) is 27.2. The van der Waals surface area contributed by atoms with E-state index in [1.165, 1.54) is 11.3 Å². The second-order valence-corrected chi connectivity index (χ2v) is 8.59. The zero-order valence-electron chi connectivity index (χ0n) is 18.3. The minimum absolute atomic E-state index is 0.0131. The third kappa shape index (κ3) is 4.20. The van der Waals surface area contributed by atoms with Crippen LogP contribution in [-0.2, 0) is 4.74 Å². The Kier molecular flexibility index (Phi) is 5.57. The summed E-state index contributed by atoms with van der Waals surface area (Å²) in [6.07, 6.45) is 2.83. The van der Waals surface area contributed by atoms with Gasteiger partial charge in [-0.2, -0.15) is 0 Å². The van der Waals surface area contributed by atoms with E-state index in [1.807, 2.05) is 54.6 Å². The van der Waals surface area contributed by atoms with Crippen LogP contribution in [0.3, 0.4) is 0 Å². The molecule has 0 bridgehead atoms. The maximum atomic E-state index is 13.0. The number of nitrogens with one attached hydrogen (secondary N) is 1. The fourth-order valence-electron chi connectivity index (χ4n) is 3.88. The first kappa shape index (κ1) is 21.3. The molecule has 35 heavy (non-hydrogen) atoms. The van der Waals surface area contributed by atoms with E-state index in [0.717, 1.165) is 27.8 Å². The van der Waals surface area contributed by atoms with Crippen LogP contribution in [0, 0.1) is 0 Å². The van der Waals surface area contributed by atoms with Gasteiger partial charge < -0.3 is 9.15 Å². The van der Waals surface area contributed by atoms with E-state index in [-0.39, 0.29) is 17.7 Å². The molecular formula is C25H18N6O3S. The van der Waals surface area contributed by atoms with Crippen molar-refractivity contribution in [2.75, 3.05) is 18.5 Å². The first-order chi connectivity index (χ1) is 17.3. The molecule has 172 valence electrons. The van der Waals surface area contributed by atoms with Gasteiger partial charge in [0.2, 0.25) is 5.82 Å². The van der Waals surface area contributed by atoms with Crippen molar-refractivity contribution >= 4 is 39.6 Å². The first-order valence-corrected chi connectivity index (χ1v) is 11.8. The molecule has 9 nitrogen and oxygen atoms in total. The average molecular weight is 483 g/mol. The van der Waals surface area contributed by atoms with Crippen LogP contribution in [-0.4, -0.2) is 38.4 Å². The van der Waals surface area contributed by atoms with E-state index >= 15 is 0 Å². The van der Waals surface area contributed by atoms with Crippen LogP contribution in [0.15, 0.2) is 75.4 Å². The minimum Gasteiger partial charge on any atom is -0.401 e. The van der Waals surface area contributed by atoms with Gasteiger partial charge in [0.15, 0.2) is 0 Å². The van der Waals surface area contributed by atoms with Crippen molar-refractivity contribution in [1.82, 2.24) is 25.1 Å². The predicted molar refractivity (Wildman–Crippen MR) is 133 cm³/mol. The van der Waals surface area contributed by atoms with Gasteiger partial charge in [-0.05, 0) is 18.1 Å². The number of rotatable bonds is 5. The summed E-state index contributed by atoms with van der Waals surface area (Å²) in [5, 5.41) is 11.9. The number of thiazole rings is 1. The summed E-state index contributed by atoms with van der Waals surface area (Å²) in [5.41, 5.74) is 4.97. The normalized spacial score (nSPS) is 13.5. The molecule has 10 heteroatoms. The number of nitrogens with zero attached hydrogens (tertiary/aromatic N) is 5. The van der Waals surface area contributed by atoms with Crippen molar-refractivity contribution < 1.29 is 9.15 Å². The van der Waals surface area contributed by atoms with Gasteiger partial charge in [0.05, 0.1) is 34.8 Å². The Morgan fingerprint density at radius 2 is 1.80 bits per heavy atom. The monoisotopic (exact) mass is 482 g/mol. The molecule has 0 atom stereocenters. The molecule has 0 fully saturated rings. The highest BCUT2D eigenvalue weighted by atomic mass is 32.1. The maximum Gasteiger partial charge on any atom is 0.321 e. The second-order valence-electron chi connectivity index (χ2n) is 7.73. The summed E-state index contributed by atoms with van der Waals surface area (Å²) in [6, 6.07) is 17.1. The van der Waals surface area contributed by atoms with E-state index in [9.17, 15) is 4.79 Å². The number of hydrogen-bond donors (Lipinski definition) is 1. The molecule has 4 heterocycles. The summed E-state index contributed by atoms with van der Waals surface area (Å²) in [6.45, 7) is 1.23. The molecule has 0 aliphatic carbocycles. The summed E-state index contributed by atoms with van der Waals surface area (Å²) >= 11 is 1.51. The number of benzene rings is 2. The fourth-order valence-corrected chi connectivity index (χ4v) is 4.73. The van der Waals surface area contributed by atoms with Crippen LogP contribution < -0.4 is 10.9 Å². The molecule has 6 rings (SSSR count). The van der Waals surface area contributed by atoms with Crippen molar-refractivity contribution in [3.63, 3.8) is 0 Å². The Bertz CT molecular complexity index is 1610. The van der Waals surface area contributed by atoms with Crippen LogP contribution in [0.4, 0.5) is 11.8 Å². The van der Waals surface area contributed by atoms with Gasteiger partial charge in [-0.15, -0.1) is 16.4 Å². The molecule has 1 aliphatic heterocycles. The Morgan fingerprint density at radius 1 is 0.943 bits per heavy atom. The number of ether oxygens (including phenoxy) is 1. The highest BCUT2D eigenvalue weighted by molar-refractivity contribution is 7.11. The number of hydrogen-bond acceptors (Lipinski definition) is 10. The van der Waals surface area contributed by atoms with Crippen molar-refractivity contribution in [2.24, 2.45) is 0 Å². The topological polar surface area (TPSA) is 116 Å². The van der Waals surface area contributed by atoms with E-state index < -0.39 is 5.56 Å². The first-order valence-electron chi connectivity index (χ1n) is 10.9. The number of para-hydroxylation sites is 1. The summed E-state index contributed by atoms with van der Waals surface area (Å²) < 4.78 is 11.2. The molecule has 0 unspecified atom stereocenters. The lowest BCUT2D eigenvalue weighted by Gasteiger charge is -2.12. The van der Waals surface area contributed by atoms with Gasteiger partial charge >= 0.3 is 11.6 Å². The van der Waals surface area contributed by atoms with E-state index in [1.54, 1.807) is 11.6 Å².